The molecule has 3 aliphatic rings. The molecule has 1 aliphatic carbocycles. The van der Waals surface area contributed by atoms with Crippen LogP contribution >= 0.6 is 0 Å². The minimum absolute atomic E-state index is 0.114. The van der Waals surface area contributed by atoms with Gasteiger partial charge in [0.15, 0.2) is 0 Å². The summed E-state index contributed by atoms with van der Waals surface area (Å²) in [4.78, 5) is 37.3. The van der Waals surface area contributed by atoms with E-state index in [-0.39, 0.29) is 24.0 Å². The summed E-state index contributed by atoms with van der Waals surface area (Å²) in [5, 5.41) is 0. The van der Waals surface area contributed by atoms with Crippen LogP contribution in [-0.4, -0.2) is 49.1 Å². The summed E-state index contributed by atoms with van der Waals surface area (Å²) >= 11 is 0. The number of rotatable bonds is 12. The smallest absolute Gasteiger partial charge is 0.390 e. The van der Waals surface area contributed by atoms with Gasteiger partial charge in [-0.05, 0) is 37.8 Å². The Morgan fingerprint density at radius 1 is 0.658 bits per heavy atom. The normalized spacial score (nSPS) is 26.6. The number of benzene rings is 1. The second kappa shape index (κ2) is 15.3. The number of hydrogen-bond acceptors (Lipinski definition) is 5. The number of fused-ring (bicyclic) bond motifs is 2. The molecule has 2 unspecified atom stereocenters. The van der Waals surface area contributed by atoms with Crippen LogP contribution in [0.5, 0.6) is 0 Å². The number of imide groups is 1. The van der Waals surface area contributed by atoms with Gasteiger partial charge < -0.3 is 13.6 Å². The molecular weight excluding hydrogens is 494 g/mol. The van der Waals surface area contributed by atoms with Gasteiger partial charge in [0.05, 0.1) is 23.3 Å². The summed E-state index contributed by atoms with van der Waals surface area (Å²) < 4.78 is 12.5. The molecule has 2 atom stereocenters. The molecule has 2 heterocycles. The maximum Gasteiger partial charge on any atom is 0.498 e. The van der Waals surface area contributed by atoms with Gasteiger partial charge in [-0.2, -0.15) is 0 Å². The highest BCUT2D eigenvalue weighted by atomic mass is 28.4. The first kappa shape index (κ1) is 29.4. The molecule has 0 radical (unpaired) electrons. The predicted octanol–water partition coefficient (Wildman–Crippen LogP) is 7.42. The summed E-state index contributed by atoms with van der Waals surface area (Å²) in [6, 6.07) is 7.81. The van der Waals surface area contributed by atoms with Crippen LogP contribution in [0.15, 0.2) is 24.3 Å². The Morgan fingerprint density at radius 2 is 1.08 bits per heavy atom. The first-order valence-corrected chi connectivity index (χ1v) is 17.6. The highest BCUT2D eigenvalue weighted by molar-refractivity contribution is 6.59. The van der Waals surface area contributed by atoms with Crippen LogP contribution in [0.3, 0.4) is 0 Å². The molecule has 7 heteroatoms. The monoisotopic (exact) mass is 543 g/mol. The summed E-state index contributed by atoms with van der Waals surface area (Å²) in [5.41, 5.74) is 1.08. The largest absolute Gasteiger partial charge is 0.498 e. The molecule has 0 bridgehead atoms. The molecule has 2 aliphatic heterocycles. The van der Waals surface area contributed by atoms with Crippen LogP contribution in [0.25, 0.3) is 0 Å². The zero-order valence-corrected chi connectivity index (χ0v) is 24.3. The lowest BCUT2D eigenvalue weighted by atomic mass is 9.98. The van der Waals surface area contributed by atoms with E-state index in [4.69, 9.17) is 8.85 Å². The van der Waals surface area contributed by atoms with Crippen molar-refractivity contribution >= 4 is 20.6 Å². The van der Waals surface area contributed by atoms with Gasteiger partial charge in [0.25, 0.3) is 11.8 Å². The summed E-state index contributed by atoms with van der Waals surface area (Å²) in [6.45, 7) is 0.519. The van der Waals surface area contributed by atoms with E-state index >= 15 is 0 Å². The second-order valence-corrected chi connectivity index (χ2v) is 14.1. The van der Waals surface area contributed by atoms with Crippen LogP contribution < -0.4 is 0 Å². The zero-order chi connectivity index (χ0) is 26.6. The van der Waals surface area contributed by atoms with Crippen molar-refractivity contribution < 1.29 is 23.2 Å². The number of unbranched alkanes of at least 4 members (excludes halogenated alkanes) is 8. The third kappa shape index (κ3) is 8.48. The van der Waals surface area contributed by atoms with E-state index in [1.807, 2.05) is 12.1 Å². The van der Waals surface area contributed by atoms with Gasteiger partial charge >= 0.3 is 8.80 Å². The van der Waals surface area contributed by atoms with E-state index in [0.29, 0.717) is 23.7 Å². The van der Waals surface area contributed by atoms with Gasteiger partial charge in [-0.25, -0.2) is 0 Å². The summed E-state index contributed by atoms with van der Waals surface area (Å²) in [5.74, 6) is -0.290. The third-order valence-corrected chi connectivity index (χ3v) is 10.9. The molecule has 2 fully saturated rings. The van der Waals surface area contributed by atoms with Gasteiger partial charge in [0, 0.05) is 12.6 Å². The van der Waals surface area contributed by atoms with Crippen LogP contribution in [0, 0.1) is 0 Å². The molecule has 1 N–H and O–H groups in total. The maximum absolute atomic E-state index is 12.4. The van der Waals surface area contributed by atoms with Crippen LogP contribution in [-0.2, 0) is 8.85 Å². The Labute approximate surface area is 230 Å². The molecule has 0 aromatic heterocycles. The van der Waals surface area contributed by atoms with Crippen molar-refractivity contribution in [2.24, 2.45) is 0 Å². The molecule has 1 aromatic rings. The van der Waals surface area contributed by atoms with Crippen LogP contribution in [0.4, 0.5) is 0 Å². The highest BCUT2D eigenvalue weighted by Crippen LogP contribution is 2.34. The number of nitrogens with zero attached hydrogens (tertiary/aromatic N) is 1. The van der Waals surface area contributed by atoms with Gasteiger partial charge in [-0.1, -0.05) is 108 Å². The van der Waals surface area contributed by atoms with Crippen molar-refractivity contribution in [1.29, 1.82) is 0 Å². The standard InChI is InChI=1S/C31H49NO5Si/c33-30-26-20-16-17-21-27(26)31(34)32(30)24-18-12-8-4-1-5-9-13-19-25-38(35)36-28-22-14-10-6-2-3-7-11-15-23-29(28)37-38/h16-17,20-21,28-29,35H,1-15,18-19,22-25H2. The average Bonchev–Trinajstić information content (AvgIpc) is 3.35. The summed E-state index contributed by atoms with van der Waals surface area (Å²) in [6.07, 6.45) is 22.6. The number of carbonyl (C=O) groups excluding carboxylic acids is 2. The molecule has 4 rings (SSSR count). The molecule has 1 saturated heterocycles. The van der Waals surface area contributed by atoms with E-state index < -0.39 is 8.80 Å². The van der Waals surface area contributed by atoms with Crippen molar-refractivity contribution in [2.75, 3.05) is 6.54 Å². The van der Waals surface area contributed by atoms with Gasteiger partial charge in [0.1, 0.15) is 0 Å². The molecule has 1 saturated carbocycles. The molecule has 6 nitrogen and oxygen atoms in total. The fraction of sp³-hybridized carbons (Fsp3) is 0.742. The Kier molecular flexibility index (Phi) is 11.9. The third-order valence-electron chi connectivity index (χ3n) is 8.57. The lowest BCUT2D eigenvalue weighted by molar-refractivity contribution is 0.0651. The molecular formula is C31H49NO5Si. The van der Waals surface area contributed by atoms with Crippen LogP contribution in [0.2, 0.25) is 6.04 Å². The topological polar surface area (TPSA) is 76.1 Å². The van der Waals surface area contributed by atoms with E-state index in [1.54, 1.807) is 12.1 Å². The Hall–Kier alpha value is -1.54. The van der Waals surface area contributed by atoms with Crippen molar-refractivity contribution in [3.63, 3.8) is 0 Å². The van der Waals surface area contributed by atoms with E-state index in [9.17, 15) is 14.4 Å². The zero-order valence-electron chi connectivity index (χ0n) is 23.3. The van der Waals surface area contributed by atoms with Gasteiger partial charge in [-0.3, -0.25) is 14.5 Å². The second-order valence-electron chi connectivity index (χ2n) is 11.7. The molecule has 2 amide bonds. The minimum atomic E-state index is -3.00. The fourth-order valence-corrected chi connectivity index (χ4v) is 8.78. The van der Waals surface area contributed by atoms with E-state index in [2.05, 4.69) is 0 Å². The minimum Gasteiger partial charge on any atom is -0.390 e. The van der Waals surface area contributed by atoms with Crippen molar-refractivity contribution in [1.82, 2.24) is 4.90 Å². The molecule has 1 aromatic carbocycles. The SMILES string of the molecule is O=C1c2ccccc2C(=O)N1CCCCCCCCCCC[Si]1(O)OC2CCCCCCCCCCC2O1. The average molecular weight is 544 g/mol. The summed E-state index contributed by atoms with van der Waals surface area (Å²) in [7, 11) is -3.00. The van der Waals surface area contributed by atoms with E-state index in [0.717, 1.165) is 44.9 Å². The van der Waals surface area contributed by atoms with Gasteiger partial charge in [0.2, 0.25) is 0 Å². The molecule has 0 spiro atoms. The Morgan fingerprint density at radius 3 is 1.58 bits per heavy atom. The molecule has 212 valence electrons. The number of carbonyl (C=O) groups is 2. The lowest BCUT2D eigenvalue weighted by Gasteiger charge is -2.18. The number of amides is 2. The molecule has 38 heavy (non-hydrogen) atoms. The Bertz CT molecular complexity index is 838. The quantitative estimate of drug-likeness (QED) is 0.169. The van der Waals surface area contributed by atoms with Crippen molar-refractivity contribution in [3.05, 3.63) is 35.4 Å². The fourth-order valence-electron chi connectivity index (χ4n) is 6.31. The van der Waals surface area contributed by atoms with Gasteiger partial charge in [-0.15, -0.1) is 0 Å². The lowest BCUT2D eigenvalue weighted by Crippen LogP contribution is -2.37. The first-order valence-electron chi connectivity index (χ1n) is 15.6. The van der Waals surface area contributed by atoms with Crippen LogP contribution in [0.1, 0.15) is 143 Å². The maximum atomic E-state index is 12.4. The first-order chi connectivity index (χ1) is 18.6. The Balaban J connectivity index is 1.02. The predicted molar refractivity (Wildman–Crippen MR) is 152 cm³/mol. The van der Waals surface area contributed by atoms with Crippen molar-refractivity contribution in [3.8, 4) is 0 Å². The van der Waals surface area contributed by atoms with Crippen molar-refractivity contribution in [2.45, 2.75) is 140 Å². The number of hydrogen-bond donors (Lipinski definition) is 1. The van der Waals surface area contributed by atoms with E-state index in [1.165, 1.54) is 81.9 Å². The highest BCUT2D eigenvalue weighted by Gasteiger charge is 2.49.